The summed E-state index contributed by atoms with van der Waals surface area (Å²) in [7, 11) is 0. The number of nitrogens with two attached hydrogens (primary N) is 1. The summed E-state index contributed by atoms with van der Waals surface area (Å²) in [4.78, 5) is 41.8. The molecular formula is C24H28N2O4S. The van der Waals surface area contributed by atoms with E-state index in [1.807, 2.05) is 44.2 Å². The third-order valence-corrected chi connectivity index (χ3v) is 6.33. The van der Waals surface area contributed by atoms with Crippen LogP contribution in [0.25, 0.3) is 0 Å². The molecule has 0 spiro atoms. The minimum atomic E-state index is -1.05. The van der Waals surface area contributed by atoms with E-state index in [2.05, 4.69) is 0 Å². The Labute approximate surface area is 187 Å². The third-order valence-electron chi connectivity index (χ3n) is 5.03. The molecule has 0 saturated carbocycles. The second-order valence-electron chi connectivity index (χ2n) is 8.13. The molecule has 0 fully saturated rings. The molecule has 1 unspecified atom stereocenters. The fourth-order valence-corrected chi connectivity index (χ4v) is 4.78. The first-order valence-corrected chi connectivity index (χ1v) is 11.3. The van der Waals surface area contributed by atoms with Gasteiger partial charge in [-0.15, -0.1) is 11.8 Å². The van der Waals surface area contributed by atoms with Crippen LogP contribution in [-0.4, -0.2) is 40.0 Å². The second kappa shape index (κ2) is 10.1. The van der Waals surface area contributed by atoms with E-state index in [4.69, 9.17) is 10.5 Å². The molecule has 0 aliphatic carbocycles. The molecule has 1 aliphatic rings. The van der Waals surface area contributed by atoms with Gasteiger partial charge in [0.05, 0.1) is 11.3 Å². The lowest BCUT2D eigenvalue weighted by Gasteiger charge is -2.32. The van der Waals surface area contributed by atoms with Crippen molar-refractivity contribution in [2.24, 2.45) is 11.7 Å². The largest absolute Gasteiger partial charge is 0.425 e. The van der Waals surface area contributed by atoms with Gasteiger partial charge in [-0.25, -0.2) is 4.79 Å². The summed E-state index contributed by atoms with van der Waals surface area (Å²) in [6.07, 6.45) is 0.796. The molecule has 0 aromatic heterocycles. The number of ether oxygens (including phenoxy) is 1. The quantitative estimate of drug-likeness (QED) is 0.524. The maximum Gasteiger partial charge on any atom is 0.334 e. The van der Waals surface area contributed by atoms with E-state index in [1.54, 1.807) is 24.3 Å². The fourth-order valence-electron chi connectivity index (χ4n) is 3.54. The van der Waals surface area contributed by atoms with Crippen molar-refractivity contribution < 1.29 is 19.1 Å². The molecule has 1 aliphatic heterocycles. The predicted molar refractivity (Wildman–Crippen MR) is 121 cm³/mol. The molecule has 3 rings (SSSR count). The molecule has 31 heavy (non-hydrogen) atoms. The number of rotatable bonds is 7. The highest BCUT2D eigenvalue weighted by atomic mass is 32.2. The number of nitrogens with zero attached hydrogens (tertiary/aromatic N) is 1. The van der Waals surface area contributed by atoms with Gasteiger partial charge in [0.25, 0.3) is 0 Å². The van der Waals surface area contributed by atoms with E-state index >= 15 is 0 Å². The highest BCUT2D eigenvalue weighted by Crippen LogP contribution is 2.38. The zero-order chi connectivity index (χ0) is 22.5. The highest BCUT2D eigenvalue weighted by Gasteiger charge is 2.42. The number of thioether (sulfide) groups is 1. The number of amides is 2. The van der Waals surface area contributed by atoms with Gasteiger partial charge in [-0.05, 0) is 49.4 Å². The number of benzene rings is 2. The van der Waals surface area contributed by atoms with Gasteiger partial charge in [-0.2, -0.15) is 0 Å². The average molecular weight is 441 g/mol. The summed E-state index contributed by atoms with van der Waals surface area (Å²) >= 11 is 1.42. The van der Waals surface area contributed by atoms with Crippen molar-refractivity contribution in [3.63, 3.8) is 0 Å². The molecule has 1 heterocycles. The van der Waals surface area contributed by atoms with E-state index in [0.29, 0.717) is 18.6 Å². The summed E-state index contributed by atoms with van der Waals surface area (Å²) in [6, 6.07) is 14.5. The first-order chi connectivity index (χ1) is 14.8. The zero-order valence-electron chi connectivity index (χ0n) is 18.0. The van der Waals surface area contributed by atoms with Crippen LogP contribution in [-0.2, 0) is 20.8 Å². The van der Waals surface area contributed by atoms with E-state index < -0.39 is 35.1 Å². The number of hydrogen-bond acceptors (Lipinski definition) is 6. The topological polar surface area (TPSA) is 89.7 Å². The Morgan fingerprint density at radius 3 is 2.32 bits per heavy atom. The zero-order valence-corrected chi connectivity index (χ0v) is 18.8. The number of hydrogen-bond donors (Lipinski definition) is 1. The molecule has 7 heteroatoms. The van der Waals surface area contributed by atoms with Crippen molar-refractivity contribution in [3.8, 4) is 5.75 Å². The van der Waals surface area contributed by atoms with Crippen LogP contribution in [0.1, 0.15) is 32.8 Å². The van der Waals surface area contributed by atoms with Crippen LogP contribution in [0.15, 0.2) is 59.5 Å². The number of carbonyl (C=O) groups is 3. The number of para-hydroxylation sites is 1. The lowest BCUT2D eigenvalue weighted by molar-refractivity contribution is -0.157. The van der Waals surface area contributed by atoms with Gasteiger partial charge in [0, 0.05) is 4.90 Å². The molecule has 2 amide bonds. The summed E-state index contributed by atoms with van der Waals surface area (Å²) in [5, 5.41) is -0.487. The fraction of sp³-hybridized carbons (Fsp3) is 0.375. The molecule has 3 atom stereocenters. The van der Waals surface area contributed by atoms with Gasteiger partial charge in [0.1, 0.15) is 11.8 Å². The van der Waals surface area contributed by atoms with Crippen molar-refractivity contribution in [1.82, 2.24) is 4.90 Å². The van der Waals surface area contributed by atoms with Crippen LogP contribution in [0.4, 0.5) is 0 Å². The SMILES string of the molecule is CC(C)C[C@@H](C(=O)Oc1ccccc1)N(C(=O)C1Cc2ccccc2S1)C(=O)[C@H](C)N. The van der Waals surface area contributed by atoms with Gasteiger partial charge in [0.15, 0.2) is 0 Å². The second-order valence-corrected chi connectivity index (χ2v) is 9.38. The Balaban J connectivity index is 1.90. The van der Waals surface area contributed by atoms with Crippen molar-refractivity contribution >= 4 is 29.5 Å². The summed E-state index contributed by atoms with van der Waals surface area (Å²) in [5.41, 5.74) is 6.94. The minimum absolute atomic E-state index is 0.0536. The number of carbonyl (C=O) groups excluding carboxylic acids is 3. The van der Waals surface area contributed by atoms with E-state index in [-0.39, 0.29) is 5.92 Å². The van der Waals surface area contributed by atoms with Crippen LogP contribution < -0.4 is 10.5 Å². The van der Waals surface area contributed by atoms with Crippen molar-refractivity contribution in [2.45, 2.75) is 55.8 Å². The van der Waals surface area contributed by atoms with Gasteiger partial charge < -0.3 is 10.5 Å². The van der Waals surface area contributed by atoms with Crippen molar-refractivity contribution in [1.29, 1.82) is 0 Å². The summed E-state index contributed by atoms with van der Waals surface area (Å²) in [5.74, 6) is -1.19. The number of fused-ring (bicyclic) bond motifs is 1. The predicted octanol–water partition coefficient (Wildman–Crippen LogP) is 3.43. The Morgan fingerprint density at radius 1 is 1.06 bits per heavy atom. The van der Waals surface area contributed by atoms with Gasteiger partial charge in [-0.3, -0.25) is 14.5 Å². The molecule has 0 saturated heterocycles. The lowest BCUT2D eigenvalue weighted by atomic mass is 10.0. The smallest absolute Gasteiger partial charge is 0.334 e. The minimum Gasteiger partial charge on any atom is -0.425 e. The standard InChI is InChI=1S/C24H28N2O4S/c1-15(2)13-19(24(29)30-18-10-5-4-6-11-18)26(22(27)16(3)25)23(28)21-14-17-9-7-8-12-20(17)31-21/h4-12,15-16,19,21H,13-14,25H2,1-3H3/t16-,19-,21?/m0/s1. The number of imide groups is 1. The van der Waals surface area contributed by atoms with E-state index in [0.717, 1.165) is 15.4 Å². The summed E-state index contributed by atoms with van der Waals surface area (Å²) < 4.78 is 5.53. The number of esters is 1. The molecule has 2 N–H and O–H groups in total. The van der Waals surface area contributed by atoms with Crippen molar-refractivity contribution in [2.75, 3.05) is 0 Å². The van der Waals surface area contributed by atoms with E-state index in [1.165, 1.54) is 18.7 Å². The maximum atomic E-state index is 13.6. The maximum absolute atomic E-state index is 13.6. The monoisotopic (exact) mass is 440 g/mol. The summed E-state index contributed by atoms with van der Waals surface area (Å²) in [6.45, 7) is 5.39. The molecule has 6 nitrogen and oxygen atoms in total. The van der Waals surface area contributed by atoms with Crippen LogP contribution in [0.5, 0.6) is 5.75 Å². The average Bonchev–Trinajstić information content (AvgIpc) is 3.17. The van der Waals surface area contributed by atoms with Gasteiger partial charge in [0.2, 0.25) is 11.8 Å². The Morgan fingerprint density at radius 2 is 1.71 bits per heavy atom. The van der Waals surface area contributed by atoms with Crippen molar-refractivity contribution in [3.05, 3.63) is 60.2 Å². The third kappa shape index (κ3) is 5.54. The highest BCUT2D eigenvalue weighted by molar-refractivity contribution is 8.01. The molecular weight excluding hydrogens is 412 g/mol. The normalized spacial score (nSPS) is 17.0. The molecule has 0 radical (unpaired) electrons. The van der Waals surface area contributed by atoms with Crippen LogP contribution in [0.3, 0.4) is 0 Å². The Bertz CT molecular complexity index is 921. The molecule has 164 valence electrons. The van der Waals surface area contributed by atoms with Gasteiger partial charge in [-0.1, -0.05) is 50.2 Å². The first-order valence-electron chi connectivity index (χ1n) is 10.4. The van der Waals surface area contributed by atoms with Gasteiger partial charge >= 0.3 is 5.97 Å². The molecule has 2 aromatic carbocycles. The Kier molecular flexibility index (Phi) is 7.51. The molecule has 2 aromatic rings. The van der Waals surface area contributed by atoms with Crippen LogP contribution in [0, 0.1) is 5.92 Å². The Hall–Kier alpha value is -2.64. The lowest BCUT2D eigenvalue weighted by Crippen LogP contribution is -2.57. The van der Waals surface area contributed by atoms with Crippen LogP contribution >= 0.6 is 11.8 Å². The molecule has 0 bridgehead atoms. The van der Waals surface area contributed by atoms with E-state index in [9.17, 15) is 14.4 Å². The van der Waals surface area contributed by atoms with Crippen LogP contribution in [0.2, 0.25) is 0 Å². The first kappa shape index (κ1) is 23.0.